The van der Waals surface area contributed by atoms with Gasteiger partial charge in [-0.15, -0.1) is 32.9 Å². The van der Waals surface area contributed by atoms with Crippen molar-refractivity contribution in [2.45, 2.75) is 32.1 Å². The maximum absolute atomic E-state index is 12.3. The fraction of sp³-hybridized carbons (Fsp3) is 0.385. The molecule has 0 bridgehead atoms. The Bertz CT molecular complexity index is 819. The van der Waals surface area contributed by atoms with Crippen molar-refractivity contribution >= 4 is 32.9 Å². The van der Waals surface area contributed by atoms with Crippen LogP contribution in [0.25, 0.3) is 10.2 Å². The Morgan fingerprint density at radius 3 is 3.05 bits per heavy atom. The van der Waals surface area contributed by atoms with Crippen LogP contribution in [0.5, 0.6) is 0 Å². The van der Waals surface area contributed by atoms with Crippen LogP contribution in [0.2, 0.25) is 0 Å². The van der Waals surface area contributed by atoms with Crippen molar-refractivity contribution < 1.29 is 0 Å². The maximum Gasteiger partial charge on any atom is 0.259 e. The first-order valence-corrected chi connectivity index (χ1v) is 8.29. The molecular weight excluding hydrogens is 292 g/mol. The highest BCUT2D eigenvalue weighted by atomic mass is 32.1. The standard InChI is InChI=1S/C13H12N4OS2/c18-12-11-7-3-1-2-4-8(7)20-13(11)16-9(15-12)5-10-17-14-6-19-10/h6H,1-5H2,(H,15,16,18). The minimum Gasteiger partial charge on any atom is -0.310 e. The van der Waals surface area contributed by atoms with E-state index < -0.39 is 0 Å². The molecule has 0 saturated heterocycles. The summed E-state index contributed by atoms with van der Waals surface area (Å²) in [4.78, 5) is 22.1. The third-order valence-electron chi connectivity index (χ3n) is 3.60. The van der Waals surface area contributed by atoms with Crippen LogP contribution < -0.4 is 5.56 Å². The highest BCUT2D eigenvalue weighted by molar-refractivity contribution is 7.18. The Hall–Kier alpha value is -1.60. The van der Waals surface area contributed by atoms with Crippen molar-refractivity contribution in [1.29, 1.82) is 0 Å². The lowest BCUT2D eigenvalue weighted by Gasteiger charge is -2.09. The van der Waals surface area contributed by atoms with Crippen LogP contribution in [0.15, 0.2) is 10.3 Å². The molecule has 4 rings (SSSR count). The fourth-order valence-electron chi connectivity index (χ4n) is 2.71. The molecule has 102 valence electrons. The molecule has 0 atom stereocenters. The second kappa shape index (κ2) is 4.75. The van der Waals surface area contributed by atoms with Crippen molar-refractivity contribution in [3.8, 4) is 0 Å². The molecule has 0 spiro atoms. The highest BCUT2D eigenvalue weighted by Gasteiger charge is 2.19. The summed E-state index contributed by atoms with van der Waals surface area (Å²) in [5, 5.41) is 9.48. The molecule has 1 aliphatic carbocycles. The number of hydrogen-bond donors (Lipinski definition) is 1. The van der Waals surface area contributed by atoms with Gasteiger partial charge in [0.2, 0.25) is 0 Å². The van der Waals surface area contributed by atoms with Gasteiger partial charge < -0.3 is 4.98 Å². The third-order valence-corrected chi connectivity index (χ3v) is 5.48. The predicted octanol–water partition coefficient (Wildman–Crippen LogP) is 2.31. The van der Waals surface area contributed by atoms with Crippen molar-refractivity contribution in [2.24, 2.45) is 0 Å². The number of hydrogen-bond acceptors (Lipinski definition) is 6. The average molecular weight is 304 g/mol. The van der Waals surface area contributed by atoms with E-state index in [1.54, 1.807) is 16.8 Å². The average Bonchev–Trinajstić information content (AvgIpc) is 3.05. The summed E-state index contributed by atoms with van der Waals surface area (Å²) in [6.45, 7) is 0. The van der Waals surface area contributed by atoms with Crippen LogP contribution in [-0.2, 0) is 19.3 Å². The Morgan fingerprint density at radius 1 is 1.30 bits per heavy atom. The minimum absolute atomic E-state index is 0.00563. The quantitative estimate of drug-likeness (QED) is 0.788. The Kier molecular flexibility index (Phi) is 2.89. The Labute approximate surface area is 122 Å². The number of rotatable bonds is 2. The first kappa shape index (κ1) is 12.2. The van der Waals surface area contributed by atoms with E-state index in [-0.39, 0.29) is 5.56 Å². The monoisotopic (exact) mass is 304 g/mol. The summed E-state index contributed by atoms with van der Waals surface area (Å²) in [6, 6.07) is 0. The van der Waals surface area contributed by atoms with Crippen molar-refractivity contribution in [3.63, 3.8) is 0 Å². The second-order valence-corrected chi connectivity index (χ2v) is 6.91. The second-order valence-electron chi connectivity index (χ2n) is 4.91. The summed E-state index contributed by atoms with van der Waals surface area (Å²) >= 11 is 3.15. The topological polar surface area (TPSA) is 71.5 Å². The van der Waals surface area contributed by atoms with E-state index in [2.05, 4.69) is 20.2 Å². The molecule has 20 heavy (non-hydrogen) atoms. The van der Waals surface area contributed by atoms with E-state index in [4.69, 9.17) is 0 Å². The smallest absolute Gasteiger partial charge is 0.259 e. The number of nitrogens with one attached hydrogen (secondary N) is 1. The summed E-state index contributed by atoms with van der Waals surface area (Å²) in [6.07, 6.45) is 5.02. The molecular formula is C13H12N4OS2. The van der Waals surface area contributed by atoms with Gasteiger partial charge in [0.15, 0.2) is 0 Å². The van der Waals surface area contributed by atoms with Gasteiger partial charge in [-0.3, -0.25) is 4.79 Å². The first-order chi connectivity index (χ1) is 9.81. The lowest BCUT2D eigenvalue weighted by molar-refractivity contribution is 0.700. The van der Waals surface area contributed by atoms with E-state index in [9.17, 15) is 4.79 Å². The number of aromatic amines is 1. The van der Waals surface area contributed by atoms with Gasteiger partial charge in [0.05, 0.1) is 11.8 Å². The van der Waals surface area contributed by atoms with Gasteiger partial charge in [0.1, 0.15) is 21.2 Å². The lowest BCUT2D eigenvalue weighted by Crippen LogP contribution is -2.13. The molecule has 0 unspecified atom stereocenters. The predicted molar refractivity (Wildman–Crippen MR) is 79.6 cm³/mol. The number of aryl methyl sites for hydroxylation is 2. The molecule has 0 saturated carbocycles. The molecule has 5 nitrogen and oxygen atoms in total. The van der Waals surface area contributed by atoms with Crippen LogP contribution >= 0.6 is 22.7 Å². The molecule has 0 aromatic carbocycles. The van der Waals surface area contributed by atoms with Gasteiger partial charge in [-0.05, 0) is 31.2 Å². The summed E-state index contributed by atoms with van der Waals surface area (Å²) < 4.78 is 0. The van der Waals surface area contributed by atoms with Crippen LogP contribution in [0.4, 0.5) is 0 Å². The SMILES string of the molecule is O=c1[nH]c(Cc2nncs2)nc2sc3c(c12)CCCC3. The van der Waals surface area contributed by atoms with Gasteiger partial charge in [-0.25, -0.2) is 4.98 Å². The molecule has 0 fully saturated rings. The fourth-order valence-corrected chi connectivity index (χ4v) is 4.52. The molecule has 3 aromatic heterocycles. The zero-order chi connectivity index (χ0) is 13.5. The first-order valence-electron chi connectivity index (χ1n) is 6.60. The van der Waals surface area contributed by atoms with Crippen LogP contribution in [0.3, 0.4) is 0 Å². The van der Waals surface area contributed by atoms with Gasteiger partial charge in [0.25, 0.3) is 5.56 Å². The van der Waals surface area contributed by atoms with Crippen molar-refractivity contribution in [1.82, 2.24) is 20.2 Å². The van der Waals surface area contributed by atoms with E-state index >= 15 is 0 Å². The number of H-pyrrole nitrogens is 1. The van der Waals surface area contributed by atoms with E-state index in [1.807, 2.05) is 0 Å². The van der Waals surface area contributed by atoms with Gasteiger partial charge in [0, 0.05) is 4.88 Å². The summed E-state index contributed by atoms with van der Waals surface area (Å²) in [7, 11) is 0. The Morgan fingerprint density at radius 2 is 2.20 bits per heavy atom. The lowest BCUT2D eigenvalue weighted by atomic mass is 9.97. The maximum atomic E-state index is 12.3. The molecule has 7 heteroatoms. The highest BCUT2D eigenvalue weighted by Crippen LogP contribution is 2.33. The molecule has 0 amide bonds. The number of thiophene rings is 1. The summed E-state index contributed by atoms with van der Waals surface area (Å²) in [5.41, 5.74) is 2.91. The molecule has 1 aliphatic rings. The Balaban J connectivity index is 1.84. The van der Waals surface area contributed by atoms with E-state index in [1.165, 1.54) is 34.6 Å². The molecule has 3 heterocycles. The van der Waals surface area contributed by atoms with Crippen LogP contribution in [-0.4, -0.2) is 20.2 Å². The molecule has 3 aromatic rings. The number of fused-ring (bicyclic) bond motifs is 3. The molecule has 0 aliphatic heterocycles. The van der Waals surface area contributed by atoms with Crippen LogP contribution in [0, 0.1) is 0 Å². The minimum atomic E-state index is -0.00563. The third kappa shape index (κ3) is 1.97. The van der Waals surface area contributed by atoms with Gasteiger partial charge in [-0.1, -0.05) is 0 Å². The van der Waals surface area contributed by atoms with E-state index in [0.29, 0.717) is 12.2 Å². The van der Waals surface area contributed by atoms with Gasteiger partial charge >= 0.3 is 0 Å². The molecule has 0 radical (unpaired) electrons. The van der Waals surface area contributed by atoms with Crippen LogP contribution in [0.1, 0.15) is 34.1 Å². The normalized spacial score (nSPS) is 14.6. The number of nitrogens with zero attached hydrogens (tertiary/aromatic N) is 3. The summed E-state index contributed by atoms with van der Waals surface area (Å²) in [5.74, 6) is 0.679. The van der Waals surface area contributed by atoms with Crippen molar-refractivity contribution in [3.05, 3.63) is 37.1 Å². The molecule has 1 N–H and O–H groups in total. The number of aromatic nitrogens is 4. The van der Waals surface area contributed by atoms with E-state index in [0.717, 1.165) is 28.1 Å². The van der Waals surface area contributed by atoms with Gasteiger partial charge in [-0.2, -0.15) is 0 Å². The largest absolute Gasteiger partial charge is 0.310 e. The zero-order valence-electron chi connectivity index (χ0n) is 10.7. The van der Waals surface area contributed by atoms with Crippen molar-refractivity contribution in [2.75, 3.05) is 0 Å². The zero-order valence-corrected chi connectivity index (χ0v) is 12.3.